The van der Waals surface area contributed by atoms with Crippen LogP contribution in [0.5, 0.6) is 0 Å². The third-order valence-corrected chi connectivity index (χ3v) is 2.34. The molecule has 1 rings (SSSR count). The molecule has 130 valence electrons. The largest absolute Gasteiger partial charge is 0.460 e. The standard InChI is InChI=1S/C7H14O.C6H12O2.C3H8.C2H6/c1-8-7-5-3-2-4-6-7;1-5(7)8-6(2,3)4;1-3-2;1-2/h7H,2-6H2,1H3;1-4H3;3H2,1-2H3;1-2H3. The second kappa shape index (κ2) is 17.5. The average Bonchev–Trinajstić information content (AvgIpc) is 2.41. The molecule has 1 aliphatic rings. The summed E-state index contributed by atoms with van der Waals surface area (Å²) < 4.78 is 9.99. The highest BCUT2D eigenvalue weighted by Gasteiger charge is 2.12. The maximum atomic E-state index is 10.2. The van der Waals surface area contributed by atoms with E-state index in [9.17, 15) is 4.79 Å². The van der Waals surface area contributed by atoms with Crippen LogP contribution in [0.3, 0.4) is 0 Å². The maximum absolute atomic E-state index is 10.2. The molecule has 0 unspecified atom stereocenters. The van der Waals surface area contributed by atoms with Crippen LogP contribution in [0.1, 0.15) is 93.9 Å². The van der Waals surface area contributed by atoms with Crippen molar-refractivity contribution in [3.63, 3.8) is 0 Å². The van der Waals surface area contributed by atoms with Crippen molar-refractivity contribution in [2.45, 2.75) is 106 Å². The van der Waals surface area contributed by atoms with Gasteiger partial charge in [-0.2, -0.15) is 0 Å². The highest BCUT2D eigenvalue weighted by atomic mass is 16.6. The summed E-state index contributed by atoms with van der Waals surface area (Å²) in [5, 5.41) is 0. The third-order valence-electron chi connectivity index (χ3n) is 2.34. The lowest BCUT2D eigenvalue weighted by atomic mass is 9.98. The van der Waals surface area contributed by atoms with E-state index < -0.39 is 0 Å². The molecule has 0 aliphatic heterocycles. The minimum atomic E-state index is -0.328. The molecular weight excluding hydrogens is 264 g/mol. The normalized spacial score (nSPS) is 14.3. The van der Waals surface area contributed by atoms with Crippen LogP contribution in [-0.2, 0) is 14.3 Å². The van der Waals surface area contributed by atoms with Gasteiger partial charge in [0.25, 0.3) is 0 Å². The highest BCUT2D eigenvalue weighted by molar-refractivity contribution is 5.66. The van der Waals surface area contributed by atoms with Gasteiger partial charge in [0.05, 0.1) is 6.10 Å². The Hall–Kier alpha value is -0.570. The molecular formula is C18H40O3. The third kappa shape index (κ3) is 28.3. The van der Waals surface area contributed by atoms with E-state index in [0.717, 1.165) is 0 Å². The van der Waals surface area contributed by atoms with E-state index in [-0.39, 0.29) is 11.6 Å². The Morgan fingerprint density at radius 1 is 1.05 bits per heavy atom. The molecule has 0 aromatic heterocycles. The summed E-state index contributed by atoms with van der Waals surface area (Å²) in [7, 11) is 1.82. The minimum Gasteiger partial charge on any atom is -0.460 e. The molecule has 0 spiro atoms. The number of ether oxygens (including phenoxy) is 2. The molecule has 0 radical (unpaired) electrons. The Morgan fingerprint density at radius 3 is 1.57 bits per heavy atom. The number of esters is 1. The van der Waals surface area contributed by atoms with E-state index in [2.05, 4.69) is 13.8 Å². The first-order valence-corrected chi connectivity index (χ1v) is 8.49. The van der Waals surface area contributed by atoms with E-state index in [0.29, 0.717) is 6.10 Å². The summed E-state index contributed by atoms with van der Waals surface area (Å²) in [5.41, 5.74) is -0.328. The van der Waals surface area contributed by atoms with Crippen molar-refractivity contribution in [1.82, 2.24) is 0 Å². The molecule has 1 aliphatic carbocycles. The summed E-state index contributed by atoms with van der Waals surface area (Å²) in [6.07, 6.45) is 8.58. The number of hydrogen-bond acceptors (Lipinski definition) is 3. The van der Waals surface area contributed by atoms with E-state index in [4.69, 9.17) is 9.47 Å². The van der Waals surface area contributed by atoms with E-state index in [1.165, 1.54) is 45.4 Å². The average molecular weight is 305 g/mol. The zero-order chi connectivity index (χ0) is 17.3. The summed E-state index contributed by atoms with van der Waals surface area (Å²) in [6.45, 7) is 15.2. The Bertz CT molecular complexity index is 201. The van der Waals surface area contributed by atoms with Crippen LogP contribution in [0, 0.1) is 0 Å². The van der Waals surface area contributed by atoms with Gasteiger partial charge in [-0.3, -0.25) is 4.79 Å². The minimum absolute atomic E-state index is 0.225. The van der Waals surface area contributed by atoms with Crippen molar-refractivity contribution in [2.24, 2.45) is 0 Å². The fraction of sp³-hybridized carbons (Fsp3) is 0.944. The van der Waals surface area contributed by atoms with Gasteiger partial charge in [0, 0.05) is 14.0 Å². The monoisotopic (exact) mass is 304 g/mol. The Kier molecular flexibility index (Phi) is 21.1. The second-order valence-corrected chi connectivity index (χ2v) is 5.91. The lowest BCUT2D eigenvalue weighted by Gasteiger charge is -2.19. The quantitative estimate of drug-likeness (QED) is 0.578. The van der Waals surface area contributed by atoms with Crippen LogP contribution in [-0.4, -0.2) is 24.8 Å². The summed E-state index contributed by atoms with van der Waals surface area (Å²) >= 11 is 0. The van der Waals surface area contributed by atoms with Gasteiger partial charge in [-0.1, -0.05) is 53.4 Å². The number of carbonyl (C=O) groups excluding carboxylic acids is 1. The smallest absolute Gasteiger partial charge is 0.303 e. The molecule has 0 amide bonds. The van der Waals surface area contributed by atoms with Gasteiger partial charge in [-0.05, 0) is 33.6 Å². The van der Waals surface area contributed by atoms with Crippen LogP contribution in [0.2, 0.25) is 0 Å². The van der Waals surface area contributed by atoms with Gasteiger partial charge in [0.2, 0.25) is 0 Å². The fourth-order valence-electron chi connectivity index (χ4n) is 1.73. The molecule has 3 nitrogen and oxygen atoms in total. The molecule has 0 bridgehead atoms. The topological polar surface area (TPSA) is 35.5 Å². The van der Waals surface area contributed by atoms with Crippen molar-refractivity contribution >= 4 is 5.97 Å². The Morgan fingerprint density at radius 2 is 1.43 bits per heavy atom. The van der Waals surface area contributed by atoms with Gasteiger partial charge in [-0.15, -0.1) is 0 Å². The van der Waals surface area contributed by atoms with Gasteiger partial charge >= 0.3 is 5.97 Å². The van der Waals surface area contributed by atoms with Crippen LogP contribution >= 0.6 is 0 Å². The van der Waals surface area contributed by atoms with Crippen molar-refractivity contribution in [2.75, 3.05) is 7.11 Å². The molecule has 1 fully saturated rings. The number of rotatable bonds is 1. The fourth-order valence-corrected chi connectivity index (χ4v) is 1.73. The lowest BCUT2D eigenvalue weighted by molar-refractivity contribution is -0.151. The zero-order valence-corrected chi connectivity index (χ0v) is 16.0. The Labute approximate surface area is 133 Å². The predicted octanol–water partition coefficient (Wildman–Crippen LogP) is 5.76. The summed E-state index contributed by atoms with van der Waals surface area (Å²) in [6, 6.07) is 0. The molecule has 0 N–H and O–H groups in total. The van der Waals surface area contributed by atoms with Crippen molar-refractivity contribution < 1.29 is 14.3 Å². The molecule has 0 atom stereocenters. The van der Waals surface area contributed by atoms with Gasteiger partial charge in [0.15, 0.2) is 0 Å². The van der Waals surface area contributed by atoms with Gasteiger partial charge < -0.3 is 9.47 Å². The van der Waals surface area contributed by atoms with Crippen LogP contribution in [0.25, 0.3) is 0 Å². The SMILES string of the molecule is CC.CC(=O)OC(C)(C)C.CCC.COC1CCCCC1. The van der Waals surface area contributed by atoms with Crippen LogP contribution in [0.15, 0.2) is 0 Å². The molecule has 0 aromatic carbocycles. The number of carbonyl (C=O) groups is 1. The summed E-state index contributed by atoms with van der Waals surface area (Å²) in [5.74, 6) is -0.225. The van der Waals surface area contributed by atoms with E-state index in [1.807, 2.05) is 41.7 Å². The molecule has 3 heteroatoms. The predicted molar refractivity (Wildman–Crippen MR) is 92.7 cm³/mol. The second-order valence-electron chi connectivity index (χ2n) is 5.91. The van der Waals surface area contributed by atoms with Crippen LogP contribution in [0.4, 0.5) is 0 Å². The first-order chi connectivity index (χ1) is 9.76. The molecule has 21 heavy (non-hydrogen) atoms. The number of methoxy groups -OCH3 is 1. The molecule has 0 aromatic rings. The zero-order valence-electron chi connectivity index (χ0n) is 16.0. The van der Waals surface area contributed by atoms with E-state index >= 15 is 0 Å². The number of hydrogen-bond donors (Lipinski definition) is 0. The first kappa shape index (κ1) is 25.4. The Balaban J connectivity index is -0.000000237. The van der Waals surface area contributed by atoms with E-state index in [1.54, 1.807) is 0 Å². The first-order valence-electron chi connectivity index (χ1n) is 8.49. The lowest BCUT2D eigenvalue weighted by Crippen LogP contribution is -2.21. The summed E-state index contributed by atoms with van der Waals surface area (Å²) in [4.78, 5) is 10.2. The van der Waals surface area contributed by atoms with Crippen molar-refractivity contribution in [3.8, 4) is 0 Å². The van der Waals surface area contributed by atoms with Crippen LogP contribution < -0.4 is 0 Å². The van der Waals surface area contributed by atoms with Crippen molar-refractivity contribution in [3.05, 3.63) is 0 Å². The maximum Gasteiger partial charge on any atom is 0.303 e. The van der Waals surface area contributed by atoms with Gasteiger partial charge in [-0.25, -0.2) is 0 Å². The molecule has 0 heterocycles. The van der Waals surface area contributed by atoms with Gasteiger partial charge in [0.1, 0.15) is 5.60 Å². The molecule has 1 saturated carbocycles. The highest BCUT2D eigenvalue weighted by Crippen LogP contribution is 2.18. The molecule has 0 saturated heterocycles. The van der Waals surface area contributed by atoms with Crippen molar-refractivity contribution in [1.29, 1.82) is 0 Å².